The molecule has 2 aliphatic rings. The lowest BCUT2D eigenvalue weighted by molar-refractivity contribution is -0.0592. The first-order valence-corrected chi connectivity index (χ1v) is 14.2. The number of benzene rings is 2. The van der Waals surface area contributed by atoms with E-state index in [0.29, 0.717) is 35.0 Å². The zero-order chi connectivity index (χ0) is 28.3. The Balaban J connectivity index is 1.10. The maximum absolute atomic E-state index is 14.3. The molecule has 2 aliphatic heterocycles. The van der Waals surface area contributed by atoms with Crippen molar-refractivity contribution < 1.29 is 19.1 Å². The molecule has 2 saturated heterocycles. The summed E-state index contributed by atoms with van der Waals surface area (Å²) in [6.07, 6.45) is 3.36. The van der Waals surface area contributed by atoms with E-state index in [4.69, 9.17) is 37.0 Å². The summed E-state index contributed by atoms with van der Waals surface area (Å²) in [4.78, 5) is 11.9. The number of rotatable bonds is 9. The predicted octanol–water partition coefficient (Wildman–Crippen LogP) is 4.74. The molecule has 0 spiro atoms. The van der Waals surface area contributed by atoms with Gasteiger partial charge in [0.1, 0.15) is 17.7 Å². The van der Waals surface area contributed by atoms with E-state index in [1.807, 2.05) is 36.4 Å². The summed E-state index contributed by atoms with van der Waals surface area (Å²) in [7, 11) is 0. The monoisotopic (exact) mass is 578 g/mol. The number of hydrogen-bond acceptors (Lipinski definition) is 7. The van der Waals surface area contributed by atoms with E-state index in [1.165, 1.54) is 6.07 Å². The standard InChI is InChI=1S/C30H32ClFN6O3/c31-21-6-4-19(25(32)16-21)14-22-2-1-3-29(34-22)41-23-8-11-37(12-9-23)18-28-35-26-15-20(30(33)36-39)5-7-27(26)38(28)17-24-10-13-40-24/h1-7,15-16,23-24,39H,8-14,17-18H2,(H2,33,36). The number of nitrogens with two attached hydrogens (primary N) is 1. The molecule has 4 heterocycles. The number of likely N-dealkylation sites (tertiary alicyclic amines) is 1. The molecular weight excluding hydrogens is 547 g/mol. The molecule has 6 rings (SSSR count). The van der Waals surface area contributed by atoms with Crippen LogP contribution in [0.2, 0.25) is 5.02 Å². The Hall–Kier alpha value is -3.73. The molecule has 0 aliphatic carbocycles. The number of hydrogen-bond donors (Lipinski definition) is 2. The number of ether oxygens (including phenoxy) is 2. The highest BCUT2D eigenvalue weighted by atomic mass is 35.5. The lowest BCUT2D eigenvalue weighted by Crippen LogP contribution is -2.39. The van der Waals surface area contributed by atoms with Crippen molar-refractivity contribution in [2.45, 2.75) is 51.0 Å². The lowest BCUT2D eigenvalue weighted by Gasteiger charge is -2.32. The van der Waals surface area contributed by atoms with Gasteiger partial charge in [-0.25, -0.2) is 14.4 Å². The first-order chi connectivity index (χ1) is 19.9. The third kappa shape index (κ3) is 6.29. The number of imidazole rings is 1. The van der Waals surface area contributed by atoms with Crippen LogP contribution in [0.4, 0.5) is 4.39 Å². The van der Waals surface area contributed by atoms with Crippen molar-refractivity contribution in [3.8, 4) is 5.88 Å². The lowest BCUT2D eigenvalue weighted by atomic mass is 10.1. The molecule has 0 amide bonds. The summed E-state index contributed by atoms with van der Waals surface area (Å²) >= 11 is 5.88. The van der Waals surface area contributed by atoms with Crippen molar-refractivity contribution in [3.05, 3.63) is 88.1 Å². The minimum absolute atomic E-state index is 0.0479. The van der Waals surface area contributed by atoms with Gasteiger partial charge in [0, 0.05) is 48.5 Å². The fraction of sp³-hybridized carbons (Fsp3) is 0.367. The van der Waals surface area contributed by atoms with Crippen LogP contribution in [0.3, 0.4) is 0 Å². The number of pyridine rings is 1. The van der Waals surface area contributed by atoms with E-state index in [9.17, 15) is 4.39 Å². The number of nitrogens with zero attached hydrogens (tertiary/aromatic N) is 5. The average molecular weight is 579 g/mol. The van der Waals surface area contributed by atoms with E-state index in [-0.39, 0.29) is 23.9 Å². The van der Waals surface area contributed by atoms with Crippen molar-refractivity contribution in [1.82, 2.24) is 19.4 Å². The molecule has 4 aromatic rings. The molecule has 9 nitrogen and oxygen atoms in total. The summed E-state index contributed by atoms with van der Waals surface area (Å²) in [5.74, 6) is 1.24. The molecular formula is C30H32ClFN6O3. The SMILES string of the molecule is NC(=NO)c1ccc2c(c1)nc(CN1CCC(Oc3cccc(Cc4ccc(Cl)cc4F)n3)CC1)n2CC1CCO1. The minimum atomic E-state index is -0.338. The zero-order valence-corrected chi connectivity index (χ0v) is 23.3. The highest BCUT2D eigenvalue weighted by Crippen LogP contribution is 2.25. The van der Waals surface area contributed by atoms with Gasteiger partial charge in [-0.05, 0) is 61.2 Å². The molecule has 3 N–H and O–H groups in total. The Morgan fingerprint density at radius 2 is 1.95 bits per heavy atom. The molecule has 0 bridgehead atoms. The normalized spacial score (nSPS) is 18.5. The van der Waals surface area contributed by atoms with Crippen LogP contribution in [0.15, 0.2) is 59.8 Å². The van der Waals surface area contributed by atoms with Gasteiger partial charge in [0.2, 0.25) is 5.88 Å². The third-order valence-electron chi connectivity index (χ3n) is 7.77. The summed E-state index contributed by atoms with van der Waals surface area (Å²) in [6.45, 7) is 3.96. The van der Waals surface area contributed by atoms with Crippen molar-refractivity contribution in [2.24, 2.45) is 10.9 Å². The Morgan fingerprint density at radius 3 is 2.68 bits per heavy atom. The van der Waals surface area contributed by atoms with Gasteiger partial charge in [-0.1, -0.05) is 28.9 Å². The van der Waals surface area contributed by atoms with E-state index in [1.54, 1.807) is 12.1 Å². The maximum atomic E-state index is 14.3. The number of halogens is 2. The van der Waals surface area contributed by atoms with Gasteiger partial charge < -0.3 is 25.0 Å². The molecule has 1 atom stereocenters. The topological polar surface area (TPSA) is 111 Å². The minimum Gasteiger partial charge on any atom is -0.474 e. The van der Waals surface area contributed by atoms with Crippen LogP contribution in [0.25, 0.3) is 11.0 Å². The van der Waals surface area contributed by atoms with Gasteiger partial charge in [0.25, 0.3) is 0 Å². The molecule has 0 saturated carbocycles. The number of amidine groups is 1. The third-order valence-corrected chi connectivity index (χ3v) is 8.00. The Labute approximate surface area is 242 Å². The van der Waals surface area contributed by atoms with Crippen LogP contribution in [0.5, 0.6) is 5.88 Å². The number of aromatic nitrogens is 3. The molecule has 214 valence electrons. The molecule has 2 aromatic carbocycles. The number of oxime groups is 1. The fourth-order valence-corrected chi connectivity index (χ4v) is 5.55. The second-order valence-electron chi connectivity index (χ2n) is 10.6. The van der Waals surface area contributed by atoms with Gasteiger partial charge in [-0.2, -0.15) is 0 Å². The second kappa shape index (κ2) is 12.0. The van der Waals surface area contributed by atoms with E-state index in [0.717, 1.165) is 68.1 Å². The summed E-state index contributed by atoms with van der Waals surface area (Å²) < 4.78 is 28.4. The average Bonchev–Trinajstić information content (AvgIpc) is 3.29. The molecule has 2 fully saturated rings. The van der Waals surface area contributed by atoms with Gasteiger partial charge in [0.15, 0.2) is 5.84 Å². The van der Waals surface area contributed by atoms with Gasteiger partial charge in [-0.3, -0.25) is 4.90 Å². The second-order valence-corrected chi connectivity index (χ2v) is 11.0. The first kappa shape index (κ1) is 27.4. The van der Waals surface area contributed by atoms with E-state index in [2.05, 4.69) is 19.6 Å². The van der Waals surface area contributed by atoms with Crippen molar-refractivity contribution >= 4 is 28.5 Å². The summed E-state index contributed by atoms with van der Waals surface area (Å²) in [6, 6.07) is 16.0. The molecule has 41 heavy (non-hydrogen) atoms. The van der Waals surface area contributed by atoms with Gasteiger partial charge in [0.05, 0.1) is 30.2 Å². The van der Waals surface area contributed by atoms with Crippen molar-refractivity contribution in [2.75, 3.05) is 19.7 Å². The van der Waals surface area contributed by atoms with Crippen LogP contribution >= 0.6 is 11.6 Å². The van der Waals surface area contributed by atoms with Crippen LogP contribution in [-0.2, 0) is 24.2 Å². The van der Waals surface area contributed by atoms with Crippen LogP contribution in [0, 0.1) is 5.82 Å². The predicted molar refractivity (Wildman–Crippen MR) is 154 cm³/mol. The van der Waals surface area contributed by atoms with Crippen LogP contribution in [0.1, 0.15) is 41.9 Å². The Bertz CT molecular complexity index is 1570. The van der Waals surface area contributed by atoms with Crippen LogP contribution in [-0.4, -0.2) is 62.4 Å². The molecule has 1 unspecified atom stereocenters. The van der Waals surface area contributed by atoms with E-state index >= 15 is 0 Å². The first-order valence-electron chi connectivity index (χ1n) is 13.8. The van der Waals surface area contributed by atoms with E-state index < -0.39 is 0 Å². The summed E-state index contributed by atoms with van der Waals surface area (Å²) in [5.41, 5.74) is 9.55. The largest absolute Gasteiger partial charge is 0.474 e. The van der Waals surface area contributed by atoms with Crippen LogP contribution < -0.4 is 10.5 Å². The zero-order valence-electron chi connectivity index (χ0n) is 22.5. The highest BCUT2D eigenvalue weighted by molar-refractivity contribution is 6.30. The fourth-order valence-electron chi connectivity index (χ4n) is 5.39. The number of fused-ring (bicyclic) bond motifs is 1. The number of piperidine rings is 1. The molecule has 11 heteroatoms. The van der Waals surface area contributed by atoms with Gasteiger partial charge in [-0.15, -0.1) is 0 Å². The molecule has 0 radical (unpaired) electrons. The van der Waals surface area contributed by atoms with Crippen molar-refractivity contribution in [1.29, 1.82) is 0 Å². The smallest absolute Gasteiger partial charge is 0.213 e. The maximum Gasteiger partial charge on any atom is 0.213 e. The molecule has 2 aromatic heterocycles. The van der Waals surface area contributed by atoms with Gasteiger partial charge >= 0.3 is 0 Å². The summed E-state index contributed by atoms with van der Waals surface area (Å²) in [5, 5.41) is 12.6. The highest BCUT2D eigenvalue weighted by Gasteiger charge is 2.26. The Kier molecular flexibility index (Phi) is 8.04. The quantitative estimate of drug-likeness (QED) is 0.128. The Morgan fingerprint density at radius 1 is 1.12 bits per heavy atom. The van der Waals surface area contributed by atoms with Crippen molar-refractivity contribution in [3.63, 3.8) is 0 Å².